The van der Waals surface area contributed by atoms with Crippen LogP contribution in [0.5, 0.6) is 0 Å². The first-order valence-electron chi connectivity index (χ1n) is 5.41. The van der Waals surface area contributed by atoms with Crippen molar-refractivity contribution < 1.29 is 4.79 Å². The lowest BCUT2D eigenvalue weighted by Gasteiger charge is -2.29. The van der Waals surface area contributed by atoms with Crippen LogP contribution in [0.3, 0.4) is 0 Å². The predicted molar refractivity (Wildman–Crippen MR) is 67.7 cm³/mol. The van der Waals surface area contributed by atoms with Crippen molar-refractivity contribution in [3.05, 3.63) is 35.9 Å². The van der Waals surface area contributed by atoms with Gasteiger partial charge in [-0.3, -0.25) is 4.79 Å². The van der Waals surface area contributed by atoms with Crippen molar-refractivity contribution in [1.82, 2.24) is 5.32 Å². The highest BCUT2D eigenvalue weighted by Gasteiger charge is 2.25. The molecule has 0 spiro atoms. The van der Waals surface area contributed by atoms with Gasteiger partial charge in [-0.25, -0.2) is 0 Å². The number of rotatable bonds is 4. The molecule has 0 aliphatic heterocycles. The van der Waals surface area contributed by atoms with E-state index in [2.05, 4.69) is 5.32 Å². The van der Waals surface area contributed by atoms with Crippen LogP contribution in [0.2, 0.25) is 0 Å². The van der Waals surface area contributed by atoms with E-state index in [0.717, 1.165) is 5.56 Å². The molecule has 0 aliphatic carbocycles. The number of nitrogens with one attached hydrogen (secondary N) is 1. The maximum absolute atomic E-state index is 11.8. The lowest BCUT2D eigenvalue weighted by atomic mass is 10.0. The second kappa shape index (κ2) is 5.35. The van der Waals surface area contributed by atoms with E-state index in [4.69, 9.17) is 11.6 Å². The zero-order chi connectivity index (χ0) is 12.2. The molecule has 0 aliphatic rings. The summed E-state index contributed by atoms with van der Waals surface area (Å²) in [6.07, 6.45) is 0.397. The van der Waals surface area contributed by atoms with Gasteiger partial charge in [0.2, 0.25) is 5.91 Å². The Morgan fingerprint density at radius 2 is 1.94 bits per heavy atom. The molecule has 0 radical (unpaired) electrons. The number of hydrogen-bond acceptors (Lipinski definition) is 1. The summed E-state index contributed by atoms with van der Waals surface area (Å²) in [5.41, 5.74) is 0.631. The van der Waals surface area contributed by atoms with Crippen LogP contribution >= 0.6 is 11.6 Å². The molecule has 1 aromatic rings. The van der Waals surface area contributed by atoms with Crippen LogP contribution in [0.25, 0.3) is 0 Å². The largest absolute Gasteiger partial charge is 0.349 e. The van der Waals surface area contributed by atoms with Gasteiger partial charge in [0.25, 0.3) is 0 Å². The number of carbonyl (C=O) groups is 1. The molecular formula is C13H18ClNO. The Hall–Kier alpha value is -1.02. The van der Waals surface area contributed by atoms with Gasteiger partial charge in [0.1, 0.15) is 0 Å². The monoisotopic (exact) mass is 239 g/mol. The molecule has 1 amide bonds. The number of halogens is 1. The summed E-state index contributed by atoms with van der Waals surface area (Å²) in [4.78, 5) is 11.8. The van der Waals surface area contributed by atoms with Crippen LogP contribution in [0, 0.1) is 0 Å². The summed E-state index contributed by atoms with van der Waals surface area (Å²) in [5, 5.41) is 2.83. The molecule has 3 heteroatoms. The highest BCUT2D eigenvalue weighted by molar-refractivity contribution is 6.21. The zero-order valence-corrected chi connectivity index (χ0v) is 10.7. The van der Waals surface area contributed by atoms with Gasteiger partial charge in [-0.2, -0.15) is 0 Å². The zero-order valence-electron chi connectivity index (χ0n) is 9.96. The Bertz CT molecular complexity index is 346. The summed E-state index contributed by atoms with van der Waals surface area (Å²) >= 11 is 6.00. The Balaban J connectivity index is 2.55. The van der Waals surface area contributed by atoms with E-state index in [1.54, 1.807) is 0 Å². The van der Waals surface area contributed by atoms with Crippen molar-refractivity contribution in [2.75, 3.05) is 0 Å². The third-order valence-electron chi connectivity index (χ3n) is 2.66. The second-order valence-electron chi connectivity index (χ2n) is 4.55. The molecule has 1 atom stereocenters. The normalized spacial score (nSPS) is 13.2. The van der Waals surface area contributed by atoms with Gasteiger partial charge in [0.15, 0.2) is 0 Å². The first-order chi connectivity index (χ1) is 7.42. The van der Waals surface area contributed by atoms with E-state index in [0.29, 0.717) is 6.42 Å². The van der Waals surface area contributed by atoms with Crippen LogP contribution in [0.15, 0.2) is 30.3 Å². The predicted octanol–water partition coefficient (Wildman–Crippen LogP) is 2.75. The lowest BCUT2D eigenvalue weighted by molar-refractivity contribution is -0.122. The fourth-order valence-corrected chi connectivity index (χ4v) is 1.34. The van der Waals surface area contributed by atoms with Gasteiger partial charge >= 0.3 is 0 Å². The minimum absolute atomic E-state index is 0.00343. The third-order valence-corrected chi connectivity index (χ3v) is 3.21. The van der Waals surface area contributed by atoms with Crippen molar-refractivity contribution in [2.45, 2.75) is 38.1 Å². The van der Waals surface area contributed by atoms with Crippen molar-refractivity contribution in [3.63, 3.8) is 0 Å². The standard InChI is InChI=1S/C13H18ClNO/c1-10(14)13(2,3)15-12(16)9-11-7-5-4-6-8-11/h4-8,10H,9H2,1-3H3,(H,15,16). The van der Waals surface area contributed by atoms with E-state index in [9.17, 15) is 4.79 Å². The molecule has 0 aromatic heterocycles. The molecular weight excluding hydrogens is 222 g/mol. The highest BCUT2D eigenvalue weighted by Crippen LogP contribution is 2.14. The van der Waals surface area contributed by atoms with Gasteiger partial charge < -0.3 is 5.32 Å². The van der Waals surface area contributed by atoms with Crippen LogP contribution in [-0.2, 0) is 11.2 Å². The Kier molecular flexibility index (Phi) is 4.36. The van der Waals surface area contributed by atoms with E-state index in [1.807, 2.05) is 51.1 Å². The number of alkyl halides is 1. The fourth-order valence-electron chi connectivity index (χ4n) is 1.28. The maximum atomic E-state index is 11.8. The topological polar surface area (TPSA) is 29.1 Å². The summed E-state index contributed by atoms with van der Waals surface area (Å²) < 4.78 is 0. The summed E-state index contributed by atoms with van der Waals surface area (Å²) in [5.74, 6) is 0.00343. The van der Waals surface area contributed by atoms with Gasteiger partial charge in [0, 0.05) is 0 Å². The number of amides is 1. The molecule has 1 aromatic carbocycles. The average molecular weight is 240 g/mol. The summed E-state index contributed by atoms with van der Waals surface area (Å²) in [6, 6.07) is 9.68. The molecule has 1 rings (SSSR count). The molecule has 0 heterocycles. The molecule has 0 saturated carbocycles. The quantitative estimate of drug-likeness (QED) is 0.805. The third kappa shape index (κ3) is 3.86. The second-order valence-corrected chi connectivity index (χ2v) is 5.20. The Labute approximate surface area is 102 Å². The molecule has 88 valence electrons. The number of benzene rings is 1. The van der Waals surface area contributed by atoms with E-state index in [-0.39, 0.29) is 16.8 Å². The van der Waals surface area contributed by atoms with Crippen LogP contribution in [0.1, 0.15) is 26.3 Å². The van der Waals surface area contributed by atoms with Gasteiger partial charge in [-0.15, -0.1) is 11.6 Å². The fraction of sp³-hybridized carbons (Fsp3) is 0.462. The smallest absolute Gasteiger partial charge is 0.224 e. The van der Waals surface area contributed by atoms with E-state index >= 15 is 0 Å². The molecule has 0 saturated heterocycles. The molecule has 1 N–H and O–H groups in total. The van der Waals surface area contributed by atoms with Gasteiger partial charge in [-0.1, -0.05) is 30.3 Å². The van der Waals surface area contributed by atoms with Crippen molar-refractivity contribution in [1.29, 1.82) is 0 Å². The average Bonchev–Trinajstić information content (AvgIpc) is 2.17. The molecule has 16 heavy (non-hydrogen) atoms. The van der Waals surface area contributed by atoms with Crippen molar-refractivity contribution >= 4 is 17.5 Å². The number of hydrogen-bond donors (Lipinski definition) is 1. The van der Waals surface area contributed by atoms with E-state index in [1.165, 1.54) is 0 Å². The molecule has 0 fully saturated rings. The first kappa shape index (κ1) is 13.0. The Morgan fingerprint density at radius 3 is 2.44 bits per heavy atom. The minimum atomic E-state index is -0.382. The lowest BCUT2D eigenvalue weighted by Crippen LogP contribution is -2.49. The maximum Gasteiger partial charge on any atom is 0.224 e. The molecule has 0 bridgehead atoms. The van der Waals surface area contributed by atoms with E-state index < -0.39 is 0 Å². The molecule has 2 nitrogen and oxygen atoms in total. The van der Waals surface area contributed by atoms with Crippen molar-refractivity contribution in [3.8, 4) is 0 Å². The SMILES string of the molecule is CC(Cl)C(C)(C)NC(=O)Cc1ccccc1. The molecule has 1 unspecified atom stereocenters. The first-order valence-corrected chi connectivity index (χ1v) is 5.84. The summed E-state index contributed by atoms with van der Waals surface area (Å²) in [7, 11) is 0. The van der Waals surface area contributed by atoms with Crippen molar-refractivity contribution in [2.24, 2.45) is 0 Å². The summed E-state index contributed by atoms with van der Waals surface area (Å²) in [6.45, 7) is 5.73. The minimum Gasteiger partial charge on any atom is -0.349 e. The van der Waals surface area contributed by atoms with Crippen LogP contribution < -0.4 is 5.32 Å². The highest BCUT2D eigenvalue weighted by atomic mass is 35.5. The van der Waals surface area contributed by atoms with Gasteiger partial charge in [-0.05, 0) is 26.3 Å². The Morgan fingerprint density at radius 1 is 1.38 bits per heavy atom. The van der Waals surface area contributed by atoms with Crippen LogP contribution in [0.4, 0.5) is 0 Å². The number of carbonyl (C=O) groups excluding carboxylic acids is 1. The van der Waals surface area contributed by atoms with Crippen LogP contribution in [-0.4, -0.2) is 16.8 Å². The van der Waals surface area contributed by atoms with Gasteiger partial charge in [0.05, 0.1) is 17.3 Å².